The highest BCUT2D eigenvalue weighted by Gasteiger charge is 2.16. The number of nitrogens with two attached hydrogens (primary N) is 1. The molecule has 0 bridgehead atoms. The zero-order valence-corrected chi connectivity index (χ0v) is 12.1. The SMILES string of the molecule is NC(c1cncc(Br)c1)c1cc2cccc(Cl)c2o1. The molecule has 3 nitrogen and oxygen atoms in total. The van der Waals surface area contributed by atoms with E-state index in [4.69, 9.17) is 21.8 Å². The maximum absolute atomic E-state index is 6.20. The Labute approximate surface area is 123 Å². The van der Waals surface area contributed by atoms with Crippen molar-refractivity contribution in [1.29, 1.82) is 0 Å². The highest BCUT2D eigenvalue weighted by Crippen LogP contribution is 2.31. The first-order valence-corrected chi connectivity index (χ1v) is 6.86. The van der Waals surface area contributed by atoms with Crippen LogP contribution in [0.3, 0.4) is 0 Å². The third-order valence-corrected chi connectivity index (χ3v) is 3.64. The third-order valence-electron chi connectivity index (χ3n) is 2.91. The van der Waals surface area contributed by atoms with Crippen molar-refractivity contribution < 1.29 is 4.42 Å². The lowest BCUT2D eigenvalue weighted by Crippen LogP contribution is -2.11. The van der Waals surface area contributed by atoms with Gasteiger partial charge in [-0.2, -0.15) is 0 Å². The lowest BCUT2D eigenvalue weighted by Gasteiger charge is -2.08. The summed E-state index contributed by atoms with van der Waals surface area (Å²) >= 11 is 9.47. The van der Waals surface area contributed by atoms with E-state index in [0.29, 0.717) is 16.4 Å². The van der Waals surface area contributed by atoms with Gasteiger partial charge in [-0.15, -0.1) is 0 Å². The van der Waals surface area contributed by atoms with Crippen LogP contribution in [0.15, 0.2) is 51.6 Å². The lowest BCUT2D eigenvalue weighted by atomic mass is 10.1. The van der Waals surface area contributed by atoms with Gasteiger partial charge in [-0.25, -0.2) is 0 Å². The fourth-order valence-electron chi connectivity index (χ4n) is 1.96. The quantitative estimate of drug-likeness (QED) is 0.759. The van der Waals surface area contributed by atoms with Crippen LogP contribution in [0.4, 0.5) is 0 Å². The van der Waals surface area contributed by atoms with E-state index in [0.717, 1.165) is 15.4 Å². The van der Waals surface area contributed by atoms with Crippen molar-refractivity contribution in [2.24, 2.45) is 5.73 Å². The third kappa shape index (κ3) is 2.39. The van der Waals surface area contributed by atoms with Crippen LogP contribution in [-0.2, 0) is 0 Å². The van der Waals surface area contributed by atoms with Crippen LogP contribution >= 0.6 is 27.5 Å². The standard InChI is InChI=1S/C14H10BrClN2O/c15-10-4-9(6-18-7-10)13(17)12-5-8-2-1-3-11(16)14(8)19-12/h1-7,13H,17H2. The fourth-order valence-corrected chi connectivity index (χ4v) is 2.57. The van der Waals surface area contributed by atoms with Crippen molar-refractivity contribution in [3.8, 4) is 0 Å². The van der Waals surface area contributed by atoms with E-state index < -0.39 is 0 Å². The van der Waals surface area contributed by atoms with E-state index >= 15 is 0 Å². The predicted octanol–water partition coefficient (Wildman–Crippen LogP) is 4.29. The van der Waals surface area contributed by atoms with E-state index in [-0.39, 0.29) is 6.04 Å². The second kappa shape index (κ2) is 4.96. The molecule has 1 unspecified atom stereocenters. The Balaban J connectivity index is 2.06. The number of para-hydroxylation sites is 1. The predicted molar refractivity (Wildman–Crippen MR) is 79.2 cm³/mol. The van der Waals surface area contributed by atoms with Crippen molar-refractivity contribution >= 4 is 38.5 Å². The first-order valence-electron chi connectivity index (χ1n) is 5.69. The van der Waals surface area contributed by atoms with Gasteiger partial charge in [0.05, 0.1) is 11.1 Å². The Morgan fingerprint density at radius 3 is 2.84 bits per heavy atom. The van der Waals surface area contributed by atoms with Gasteiger partial charge in [-0.1, -0.05) is 23.7 Å². The minimum atomic E-state index is -0.367. The van der Waals surface area contributed by atoms with Crippen LogP contribution in [0.25, 0.3) is 11.0 Å². The molecule has 0 aliphatic carbocycles. The van der Waals surface area contributed by atoms with Crippen LogP contribution in [-0.4, -0.2) is 4.98 Å². The molecule has 2 aromatic heterocycles. The maximum Gasteiger partial charge on any atom is 0.152 e. The minimum Gasteiger partial charge on any atom is -0.457 e. The number of rotatable bonds is 2. The number of hydrogen-bond donors (Lipinski definition) is 1. The molecule has 0 aliphatic rings. The molecule has 0 aliphatic heterocycles. The number of furan rings is 1. The summed E-state index contributed by atoms with van der Waals surface area (Å²) in [6.45, 7) is 0. The molecular weight excluding hydrogens is 328 g/mol. The maximum atomic E-state index is 6.20. The van der Waals surface area contributed by atoms with Crippen molar-refractivity contribution in [2.75, 3.05) is 0 Å². The number of pyridine rings is 1. The Morgan fingerprint density at radius 2 is 2.11 bits per heavy atom. The first kappa shape index (κ1) is 12.7. The minimum absolute atomic E-state index is 0.367. The van der Waals surface area contributed by atoms with Gasteiger partial charge in [0.1, 0.15) is 5.76 Å². The smallest absolute Gasteiger partial charge is 0.152 e. The summed E-state index contributed by atoms with van der Waals surface area (Å²) in [5.74, 6) is 0.669. The molecule has 0 spiro atoms. The molecule has 0 radical (unpaired) electrons. The summed E-state index contributed by atoms with van der Waals surface area (Å²) in [6.07, 6.45) is 3.44. The monoisotopic (exact) mass is 336 g/mol. The number of fused-ring (bicyclic) bond motifs is 1. The van der Waals surface area contributed by atoms with Gasteiger partial charge >= 0.3 is 0 Å². The Morgan fingerprint density at radius 1 is 1.26 bits per heavy atom. The van der Waals surface area contributed by atoms with Gasteiger partial charge in [0.25, 0.3) is 0 Å². The first-order chi connectivity index (χ1) is 9.15. The molecule has 2 heterocycles. The van der Waals surface area contributed by atoms with Crippen molar-refractivity contribution in [1.82, 2.24) is 4.98 Å². The Kier molecular flexibility index (Phi) is 3.31. The topological polar surface area (TPSA) is 52.0 Å². The van der Waals surface area contributed by atoms with E-state index in [9.17, 15) is 0 Å². The molecule has 1 aromatic carbocycles. The van der Waals surface area contributed by atoms with E-state index in [1.54, 1.807) is 18.5 Å². The normalized spacial score (nSPS) is 12.8. The Hall–Kier alpha value is -1.36. The van der Waals surface area contributed by atoms with Gasteiger partial charge in [-0.3, -0.25) is 4.98 Å². The second-order valence-corrected chi connectivity index (χ2v) is 5.54. The molecule has 1 atom stereocenters. The summed E-state index contributed by atoms with van der Waals surface area (Å²) in [4.78, 5) is 4.11. The molecule has 3 rings (SSSR count). The number of halogens is 2. The average molecular weight is 338 g/mol. The van der Waals surface area contributed by atoms with Crippen molar-refractivity contribution in [2.45, 2.75) is 6.04 Å². The average Bonchev–Trinajstić information content (AvgIpc) is 2.83. The van der Waals surface area contributed by atoms with Gasteiger partial charge in [0, 0.05) is 22.3 Å². The summed E-state index contributed by atoms with van der Waals surface area (Å²) in [5, 5.41) is 1.53. The molecule has 2 N–H and O–H groups in total. The number of benzene rings is 1. The van der Waals surface area contributed by atoms with Gasteiger partial charge in [0.15, 0.2) is 5.58 Å². The van der Waals surface area contributed by atoms with Crippen LogP contribution < -0.4 is 5.73 Å². The van der Waals surface area contributed by atoms with E-state index in [1.165, 1.54) is 0 Å². The highest BCUT2D eigenvalue weighted by molar-refractivity contribution is 9.10. The Bertz CT molecular complexity index is 741. The molecule has 3 aromatic rings. The summed E-state index contributed by atoms with van der Waals surface area (Å²) < 4.78 is 6.64. The van der Waals surface area contributed by atoms with E-state index in [1.807, 2.05) is 24.3 Å². The molecule has 0 saturated carbocycles. The number of hydrogen-bond acceptors (Lipinski definition) is 3. The van der Waals surface area contributed by atoms with Gasteiger partial charge in [0.2, 0.25) is 0 Å². The molecule has 19 heavy (non-hydrogen) atoms. The molecule has 96 valence electrons. The summed E-state index contributed by atoms with van der Waals surface area (Å²) in [6, 6.07) is 9.09. The fraction of sp³-hybridized carbons (Fsp3) is 0.0714. The summed E-state index contributed by atoms with van der Waals surface area (Å²) in [7, 11) is 0. The zero-order chi connectivity index (χ0) is 13.4. The number of nitrogens with zero attached hydrogens (tertiary/aromatic N) is 1. The lowest BCUT2D eigenvalue weighted by molar-refractivity contribution is 0.524. The van der Waals surface area contributed by atoms with Crippen molar-refractivity contribution in [3.63, 3.8) is 0 Å². The summed E-state index contributed by atoms with van der Waals surface area (Å²) in [5.41, 5.74) is 7.75. The largest absolute Gasteiger partial charge is 0.457 e. The number of aromatic nitrogens is 1. The van der Waals surface area contributed by atoms with Gasteiger partial charge in [-0.05, 0) is 39.7 Å². The second-order valence-electron chi connectivity index (χ2n) is 4.22. The van der Waals surface area contributed by atoms with Crippen LogP contribution in [0.2, 0.25) is 5.02 Å². The van der Waals surface area contributed by atoms with Crippen LogP contribution in [0, 0.1) is 0 Å². The molecular formula is C14H10BrClN2O. The van der Waals surface area contributed by atoms with Crippen molar-refractivity contribution in [3.05, 3.63) is 63.5 Å². The highest BCUT2D eigenvalue weighted by atomic mass is 79.9. The van der Waals surface area contributed by atoms with Gasteiger partial charge < -0.3 is 10.2 Å². The van der Waals surface area contributed by atoms with E-state index in [2.05, 4.69) is 20.9 Å². The molecule has 5 heteroatoms. The molecule has 0 fully saturated rings. The molecule has 0 amide bonds. The van der Waals surface area contributed by atoms with Crippen LogP contribution in [0.1, 0.15) is 17.4 Å². The zero-order valence-electron chi connectivity index (χ0n) is 9.81. The molecule has 0 saturated heterocycles. The van der Waals surface area contributed by atoms with Crippen LogP contribution in [0.5, 0.6) is 0 Å².